The second-order valence-electron chi connectivity index (χ2n) is 4.90. The summed E-state index contributed by atoms with van der Waals surface area (Å²) in [5.74, 6) is -1.57. The minimum absolute atomic E-state index is 0.0117. The monoisotopic (exact) mass is 301 g/mol. The van der Waals surface area contributed by atoms with Crippen LogP contribution < -0.4 is 0 Å². The number of nitrogens with zero attached hydrogens (tertiary/aromatic N) is 1. The normalized spacial score (nSPS) is 22.9. The Kier molecular flexibility index (Phi) is 4.99. The lowest BCUT2D eigenvalue weighted by molar-refractivity contribution is -0.140. The fourth-order valence-corrected chi connectivity index (χ4v) is 2.85. The molecule has 1 aromatic rings. The number of amides is 1. The maximum atomic E-state index is 13.1. The molecule has 1 aromatic carbocycles. The predicted molar refractivity (Wildman–Crippen MR) is 73.7 cm³/mol. The summed E-state index contributed by atoms with van der Waals surface area (Å²) in [7, 11) is 0. The molecule has 1 amide bonds. The van der Waals surface area contributed by atoms with Gasteiger partial charge in [-0.2, -0.15) is 0 Å². The van der Waals surface area contributed by atoms with Gasteiger partial charge in [0.25, 0.3) is 0 Å². The van der Waals surface area contributed by atoms with Crippen molar-refractivity contribution in [2.24, 2.45) is 0 Å². The molecule has 0 spiro atoms. The Morgan fingerprint density at radius 2 is 2.15 bits per heavy atom. The molecule has 1 aliphatic rings. The molecule has 0 aliphatic carbocycles. The molecule has 1 heterocycles. The summed E-state index contributed by atoms with van der Waals surface area (Å²) in [4.78, 5) is 14.5. The number of thioether (sulfide) groups is 1. The first-order valence-corrected chi connectivity index (χ1v) is 7.45. The van der Waals surface area contributed by atoms with Crippen LogP contribution in [0.25, 0.3) is 0 Å². The van der Waals surface area contributed by atoms with Crippen molar-refractivity contribution in [1.29, 1.82) is 0 Å². The van der Waals surface area contributed by atoms with E-state index in [9.17, 15) is 13.6 Å². The summed E-state index contributed by atoms with van der Waals surface area (Å²) < 4.78 is 31.4. The van der Waals surface area contributed by atoms with Crippen molar-refractivity contribution in [2.75, 3.05) is 18.9 Å². The first-order valence-electron chi connectivity index (χ1n) is 6.46. The van der Waals surface area contributed by atoms with Crippen molar-refractivity contribution in [3.63, 3.8) is 0 Å². The standard InChI is InChI=1S/C14H17F2NO2S/c1-9-7-19-10(2)6-17(9)14(18)8-20-11-3-4-12(15)13(16)5-11/h3-5,9-10H,6-8H2,1-2H3. The van der Waals surface area contributed by atoms with Crippen molar-refractivity contribution in [3.8, 4) is 0 Å². The van der Waals surface area contributed by atoms with E-state index in [2.05, 4.69) is 0 Å². The highest BCUT2D eigenvalue weighted by Crippen LogP contribution is 2.22. The van der Waals surface area contributed by atoms with Gasteiger partial charge >= 0.3 is 0 Å². The van der Waals surface area contributed by atoms with E-state index in [-0.39, 0.29) is 23.8 Å². The van der Waals surface area contributed by atoms with Crippen molar-refractivity contribution >= 4 is 17.7 Å². The molecular formula is C14H17F2NO2S. The maximum Gasteiger partial charge on any atom is 0.233 e. The molecule has 0 aromatic heterocycles. The van der Waals surface area contributed by atoms with E-state index in [0.29, 0.717) is 18.0 Å². The van der Waals surface area contributed by atoms with Crippen LogP contribution >= 0.6 is 11.8 Å². The Morgan fingerprint density at radius 1 is 1.40 bits per heavy atom. The summed E-state index contributed by atoms with van der Waals surface area (Å²) in [5.41, 5.74) is 0. The Bertz CT molecular complexity index is 498. The van der Waals surface area contributed by atoms with E-state index in [1.807, 2.05) is 13.8 Å². The largest absolute Gasteiger partial charge is 0.375 e. The molecule has 0 bridgehead atoms. The van der Waals surface area contributed by atoms with Gasteiger partial charge < -0.3 is 9.64 Å². The fraction of sp³-hybridized carbons (Fsp3) is 0.500. The van der Waals surface area contributed by atoms with Crippen LogP contribution in [-0.2, 0) is 9.53 Å². The summed E-state index contributed by atoms with van der Waals surface area (Å²) in [5, 5.41) is 0. The Morgan fingerprint density at radius 3 is 2.85 bits per heavy atom. The number of ether oxygens (including phenoxy) is 1. The SMILES string of the molecule is CC1CN(C(=O)CSc2ccc(F)c(F)c2)C(C)CO1. The highest BCUT2D eigenvalue weighted by Gasteiger charge is 2.27. The first-order chi connectivity index (χ1) is 9.47. The smallest absolute Gasteiger partial charge is 0.233 e. The van der Waals surface area contributed by atoms with Gasteiger partial charge in [-0.1, -0.05) is 0 Å². The van der Waals surface area contributed by atoms with E-state index in [1.165, 1.54) is 17.8 Å². The van der Waals surface area contributed by atoms with Gasteiger partial charge in [-0.25, -0.2) is 8.78 Å². The zero-order valence-corrected chi connectivity index (χ0v) is 12.3. The van der Waals surface area contributed by atoms with Crippen LogP contribution in [0.4, 0.5) is 8.78 Å². The molecule has 20 heavy (non-hydrogen) atoms. The number of morpholine rings is 1. The molecule has 2 atom stereocenters. The first kappa shape index (κ1) is 15.3. The molecule has 1 saturated heterocycles. The van der Waals surface area contributed by atoms with Crippen LogP contribution in [0.1, 0.15) is 13.8 Å². The zero-order valence-electron chi connectivity index (χ0n) is 11.4. The van der Waals surface area contributed by atoms with Gasteiger partial charge in [-0.3, -0.25) is 4.79 Å². The second-order valence-corrected chi connectivity index (χ2v) is 5.95. The molecule has 0 N–H and O–H groups in total. The molecule has 0 saturated carbocycles. The number of carbonyl (C=O) groups is 1. The molecule has 6 heteroatoms. The van der Waals surface area contributed by atoms with Crippen LogP contribution in [0.2, 0.25) is 0 Å². The predicted octanol–water partition coefficient (Wildman–Crippen LogP) is 2.69. The van der Waals surface area contributed by atoms with Gasteiger partial charge in [0.05, 0.1) is 24.5 Å². The molecule has 2 rings (SSSR count). The zero-order chi connectivity index (χ0) is 14.7. The van der Waals surface area contributed by atoms with Crippen LogP contribution in [0, 0.1) is 11.6 Å². The Labute approximate surface area is 121 Å². The fourth-order valence-electron chi connectivity index (χ4n) is 2.05. The molecule has 3 nitrogen and oxygen atoms in total. The van der Waals surface area contributed by atoms with Gasteiger partial charge in [0.1, 0.15) is 0 Å². The van der Waals surface area contributed by atoms with Gasteiger partial charge in [-0.15, -0.1) is 11.8 Å². The van der Waals surface area contributed by atoms with Crippen molar-refractivity contribution < 1.29 is 18.3 Å². The van der Waals surface area contributed by atoms with Crippen LogP contribution in [0.5, 0.6) is 0 Å². The number of halogens is 2. The highest BCUT2D eigenvalue weighted by atomic mass is 32.2. The van der Waals surface area contributed by atoms with E-state index >= 15 is 0 Å². The van der Waals surface area contributed by atoms with Gasteiger partial charge in [0.2, 0.25) is 5.91 Å². The average molecular weight is 301 g/mol. The number of carbonyl (C=O) groups excluding carboxylic acids is 1. The van der Waals surface area contributed by atoms with Crippen LogP contribution in [0.15, 0.2) is 23.1 Å². The van der Waals surface area contributed by atoms with Crippen LogP contribution in [0.3, 0.4) is 0 Å². The van der Waals surface area contributed by atoms with Crippen molar-refractivity contribution in [1.82, 2.24) is 4.90 Å². The van der Waals surface area contributed by atoms with Crippen molar-refractivity contribution in [3.05, 3.63) is 29.8 Å². The van der Waals surface area contributed by atoms with Gasteiger partial charge in [0, 0.05) is 11.4 Å². The van der Waals surface area contributed by atoms with Crippen molar-refractivity contribution in [2.45, 2.75) is 30.9 Å². The third-order valence-corrected chi connectivity index (χ3v) is 4.16. The van der Waals surface area contributed by atoms with E-state index < -0.39 is 11.6 Å². The lowest BCUT2D eigenvalue weighted by Crippen LogP contribution is -2.50. The maximum absolute atomic E-state index is 13.1. The number of hydrogen-bond donors (Lipinski definition) is 0. The molecule has 0 radical (unpaired) electrons. The highest BCUT2D eigenvalue weighted by molar-refractivity contribution is 8.00. The molecular weight excluding hydrogens is 284 g/mol. The molecule has 2 unspecified atom stereocenters. The van der Waals surface area contributed by atoms with E-state index in [4.69, 9.17) is 4.74 Å². The topological polar surface area (TPSA) is 29.5 Å². The summed E-state index contributed by atoms with van der Waals surface area (Å²) in [6.45, 7) is 4.96. The average Bonchev–Trinajstić information content (AvgIpc) is 2.42. The third kappa shape index (κ3) is 3.70. The minimum Gasteiger partial charge on any atom is -0.375 e. The lowest BCUT2D eigenvalue weighted by Gasteiger charge is -2.36. The second kappa shape index (κ2) is 6.54. The quantitative estimate of drug-likeness (QED) is 0.804. The summed E-state index contributed by atoms with van der Waals surface area (Å²) >= 11 is 1.21. The number of benzene rings is 1. The van der Waals surface area contributed by atoms with Crippen LogP contribution in [-0.4, -0.2) is 41.9 Å². The minimum atomic E-state index is -0.893. The summed E-state index contributed by atoms with van der Waals surface area (Å²) in [6.07, 6.45) is 0.0309. The Hall–Kier alpha value is -1.14. The van der Waals surface area contributed by atoms with Gasteiger partial charge in [0.15, 0.2) is 11.6 Å². The molecule has 110 valence electrons. The number of rotatable bonds is 3. The Balaban J connectivity index is 1.92. The summed E-state index contributed by atoms with van der Waals surface area (Å²) in [6, 6.07) is 3.70. The van der Waals surface area contributed by atoms with E-state index in [0.717, 1.165) is 12.1 Å². The van der Waals surface area contributed by atoms with E-state index in [1.54, 1.807) is 4.90 Å². The molecule has 1 fully saturated rings. The number of hydrogen-bond acceptors (Lipinski definition) is 3. The molecule has 1 aliphatic heterocycles. The lowest BCUT2D eigenvalue weighted by atomic mass is 10.2. The van der Waals surface area contributed by atoms with Gasteiger partial charge in [-0.05, 0) is 32.0 Å². The third-order valence-electron chi connectivity index (χ3n) is 3.18.